The molecule has 3 aromatic carbocycles. The number of carbonyl (C=O) groups is 1. The summed E-state index contributed by atoms with van der Waals surface area (Å²) in [5.74, 6) is 0.804. The van der Waals surface area contributed by atoms with Crippen LogP contribution in [0.4, 0.5) is 0 Å². The Hall–Kier alpha value is -3.15. The lowest BCUT2D eigenvalue weighted by Gasteiger charge is -2.35. The van der Waals surface area contributed by atoms with Gasteiger partial charge in [0.1, 0.15) is 5.75 Å². The fourth-order valence-corrected chi connectivity index (χ4v) is 4.01. The zero-order chi connectivity index (χ0) is 22.2. The van der Waals surface area contributed by atoms with Crippen molar-refractivity contribution >= 4 is 5.91 Å². The van der Waals surface area contributed by atoms with Gasteiger partial charge in [0.05, 0.1) is 20.3 Å². The number of ether oxygens (including phenoxy) is 2. The first-order valence-corrected chi connectivity index (χ1v) is 11.1. The molecular formula is C27H30N2O3. The first kappa shape index (κ1) is 22.1. The highest BCUT2D eigenvalue weighted by Crippen LogP contribution is 2.23. The zero-order valence-electron chi connectivity index (χ0n) is 18.6. The Morgan fingerprint density at radius 2 is 1.47 bits per heavy atom. The minimum Gasteiger partial charge on any atom is -0.496 e. The van der Waals surface area contributed by atoms with Gasteiger partial charge < -0.3 is 14.4 Å². The summed E-state index contributed by atoms with van der Waals surface area (Å²) in [6, 6.07) is 26.1. The summed E-state index contributed by atoms with van der Waals surface area (Å²) in [5, 5.41) is 0. The Labute approximate surface area is 190 Å². The molecule has 32 heavy (non-hydrogen) atoms. The molecule has 0 unspecified atom stereocenters. The van der Waals surface area contributed by atoms with Crippen molar-refractivity contribution in [3.63, 3.8) is 0 Å². The van der Waals surface area contributed by atoms with Crippen LogP contribution in [0.5, 0.6) is 5.75 Å². The zero-order valence-corrected chi connectivity index (χ0v) is 18.6. The molecule has 3 aromatic rings. The van der Waals surface area contributed by atoms with Crippen LogP contribution in [0.3, 0.4) is 0 Å². The highest BCUT2D eigenvalue weighted by atomic mass is 16.5. The number of rotatable bonds is 8. The minimum absolute atomic E-state index is 0.0660. The van der Waals surface area contributed by atoms with E-state index in [2.05, 4.69) is 29.2 Å². The molecule has 1 fully saturated rings. The standard InChI is InChI=1S/C27H30N2O3/c1-31-26-13-12-24(18-25(26)21-32-20-23-10-6-3-7-11-23)27(30)29-16-14-28(15-17-29)19-22-8-4-2-5-9-22/h2-13,18H,14-17,19-21H2,1H3. The first-order chi connectivity index (χ1) is 15.7. The van der Waals surface area contributed by atoms with Crippen molar-refractivity contribution in [1.82, 2.24) is 9.80 Å². The number of hydrogen-bond acceptors (Lipinski definition) is 4. The molecule has 166 valence electrons. The van der Waals surface area contributed by atoms with Crippen LogP contribution in [0.25, 0.3) is 0 Å². The van der Waals surface area contributed by atoms with Crippen LogP contribution in [0.15, 0.2) is 78.9 Å². The van der Waals surface area contributed by atoms with E-state index in [-0.39, 0.29) is 5.91 Å². The molecule has 5 heteroatoms. The summed E-state index contributed by atoms with van der Waals surface area (Å²) in [6.45, 7) is 5.06. The van der Waals surface area contributed by atoms with Gasteiger partial charge in [-0.25, -0.2) is 0 Å². The maximum Gasteiger partial charge on any atom is 0.253 e. The third-order valence-corrected chi connectivity index (χ3v) is 5.80. The third-order valence-electron chi connectivity index (χ3n) is 5.80. The molecule has 0 aliphatic carbocycles. The molecule has 1 amide bonds. The molecule has 0 aromatic heterocycles. The van der Waals surface area contributed by atoms with E-state index >= 15 is 0 Å². The summed E-state index contributed by atoms with van der Waals surface area (Å²) in [6.07, 6.45) is 0. The van der Waals surface area contributed by atoms with Crippen LogP contribution in [0.1, 0.15) is 27.0 Å². The van der Waals surface area contributed by atoms with E-state index < -0.39 is 0 Å². The number of nitrogens with zero attached hydrogens (tertiary/aromatic N) is 2. The Morgan fingerprint density at radius 3 is 2.12 bits per heavy atom. The van der Waals surface area contributed by atoms with E-state index in [0.717, 1.165) is 49.6 Å². The topological polar surface area (TPSA) is 42.0 Å². The fraction of sp³-hybridized carbons (Fsp3) is 0.296. The molecule has 4 rings (SSSR count). The lowest BCUT2D eigenvalue weighted by atomic mass is 10.1. The molecule has 1 heterocycles. The molecule has 0 radical (unpaired) electrons. The van der Waals surface area contributed by atoms with Gasteiger partial charge in [-0.1, -0.05) is 60.7 Å². The molecule has 0 spiro atoms. The maximum absolute atomic E-state index is 13.1. The van der Waals surface area contributed by atoms with Gasteiger partial charge in [-0.15, -0.1) is 0 Å². The summed E-state index contributed by atoms with van der Waals surface area (Å²) in [5.41, 5.74) is 3.99. The van der Waals surface area contributed by atoms with Crippen molar-refractivity contribution < 1.29 is 14.3 Å². The van der Waals surface area contributed by atoms with Gasteiger partial charge in [-0.05, 0) is 29.3 Å². The number of piperazine rings is 1. The summed E-state index contributed by atoms with van der Waals surface area (Å²) in [7, 11) is 1.64. The molecule has 1 aliphatic rings. The average Bonchev–Trinajstić information content (AvgIpc) is 2.85. The van der Waals surface area contributed by atoms with Crippen LogP contribution in [0, 0.1) is 0 Å². The van der Waals surface area contributed by atoms with Crippen molar-refractivity contribution in [2.75, 3.05) is 33.3 Å². The van der Waals surface area contributed by atoms with Crippen LogP contribution < -0.4 is 4.74 Å². The van der Waals surface area contributed by atoms with E-state index in [1.807, 2.05) is 59.5 Å². The smallest absolute Gasteiger partial charge is 0.253 e. The molecule has 0 bridgehead atoms. The summed E-state index contributed by atoms with van der Waals surface area (Å²) < 4.78 is 11.4. The second-order valence-electron chi connectivity index (χ2n) is 8.06. The lowest BCUT2D eigenvalue weighted by molar-refractivity contribution is 0.0627. The van der Waals surface area contributed by atoms with Crippen molar-refractivity contribution in [2.45, 2.75) is 19.8 Å². The highest BCUT2D eigenvalue weighted by Gasteiger charge is 2.23. The molecule has 1 saturated heterocycles. The lowest BCUT2D eigenvalue weighted by Crippen LogP contribution is -2.48. The van der Waals surface area contributed by atoms with Crippen molar-refractivity contribution in [3.05, 3.63) is 101 Å². The summed E-state index contributed by atoms with van der Waals surface area (Å²) >= 11 is 0. The monoisotopic (exact) mass is 430 g/mol. The molecule has 1 aliphatic heterocycles. The molecule has 5 nitrogen and oxygen atoms in total. The molecular weight excluding hydrogens is 400 g/mol. The van der Waals surface area contributed by atoms with Gasteiger partial charge in [0.25, 0.3) is 5.91 Å². The van der Waals surface area contributed by atoms with Gasteiger partial charge in [0.15, 0.2) is 0 Å². The van der Waals surface area contributed by atoms with E-state index in [1.54, 1.807) is 7.11 Å². The van der Waals surface area contributed by atoms with E-state index in [0.29, 0.717) is 18.8 Å². The van der Waals surface area contributed by atoms with Crippen molar-refractivity contribution in [1.29, 1.82) is 0 Å². The predicted octanol–water partition coefficient (Wildman–Crippen LogP) is 4.37. The predicted molar refractivity (Wildman–Crippen MR) is 126 cm³/mol. The Morgan fingerprint density at radius 1 is 0.812 bits per heavy atom. The van der Waals surface area contributed by atoms with Gasteiger partial charge in [0.2, 0.25) is 0 Å². The van der Waals surface area contributed by atoms with Crippen LogP contribution in [-0.4, -0.2) is 49.0 Å². The second kappa shape index (κ2) is 10.9. The molecule has 0 saturated carbocycles. The fourth-order valence-electron chi connectivity index (χ4n) is 4.01. The third kappa shape index (κ3) is 5.75. The van der Waals surface area contributed by atoms with Crippen LogP contribution >= 0.6 is 0 Å². The normalized spacial score (nSPS) is 14.3. The quantitative estimate of drug-likeness (QED) is 0.532. The van der Waals surface area contributed by atoms with E-state index in [4.69, 9.17) is 9.47 Å². The first-order valence-electron chi connectivity index (χ1n) is 11.1. The minimum atomic E-state index is 0.0660. The number of amides is 1. The second-order valence-corrected chi connectivity index (χ2v) is 8.06. The Kier molecular flexibility index (Phi) is 7.54. The summed E-state index contributed by atoms with van der Waals surface area (Å²) in [4.78, 5) is 17.5. The number of carbonyl (C=O) groups excluding carboxylic acids is 1. The van der Waals surface area contributed by atoms with Crippen LogP contribution in [-0.2, 0) is 24.5 Å². The van der Waals surface area contributed by atoms with E-state index in [9.17, 15) is 4.79 Å². The largest absolute Gasteiger partial charge is 0.496 e. The molecule has 0 atom stereocenters. The Bertz CT molecular complexity index is 1000. The average molecular weight is 431 g/mol. The SMILES string of the molecule is COc1ccc(C(=O)N2CCN(Cc3ccccc3)CC2)cc1COCc1ccccc1. The van der Waals surface area contributed by atoms with Gasteiger partial charge >= 0.3 is 0 Å². The number of benzene rings is 3. The van der Waals surface area contributed by atoms with Crippen molar-refractivity contribution in [3.8, 4) is 5.75 Å². The Balaban J connectivity index is 1.34. The highest BCUT2D eigenvalue weighted by molar-refractivity contribution is 5.94. The maximum atomic E-state index is 13.1. The number of methoxy groups -OCH3 is 1. The molecule has 0 N–H and O–H groups in total. The van der Waals surface area contributed by atoms with E-state index in [1.165, 1.54) is 5.56 Å². The van der Waals surface area contributed by atoms with Gasteiger partial charge in [-0.2, -0.15) is 0 Å². The van der Waals surface area contributed by atoms with Gasteiger partial charge in [0, 0.05) is 43.9 Å². The van der Waals surface area contributed by atoms with Crippen LogP contribution in [0.2, 0.25) is 0 Å². The van der Waals surface area contributed by atoms with Crippen molar-refractivity contribution in [2.24, 2.45) is 0 Å². The number of hydrogen-bond donors (Lipinski definition) is 0. The van der Waals surface area contributed by atoms with Gasteiger partial charge in [-0.3, -0.25) is 9.69 Å².